The number of imidazole rings is 1. The molecule has 1 aromatic carbocycles. The number of aromatic amines is 1. The lowest BCUT2D eigenvalue weighted by Gasteiger charge is -2.30. The number of aromatic nitrogens is 2. The summed E-state index contributed by atoms with van der Waals surface area (Å²) in [7, 11) is 0. The minimum absolute atomic E-state index is 0.0188. The highest BCUT2D eigenvalue weighted by Crippen LogP contribution is 2.26. The third kappa shape index (κ3) is 3.11. The second kappa shape index (κ2) is 6.10. The van der Waals surface area contributed by atoms with Crippen molar-refractivity contribution in [2.24, 2.45) is 5.92 Å². The van der Waals surface area contributed by atoms with E-state index in [4.69, 9.17) is 0 Å². The summed E-state index contributed by atoms with van der Waals surface area (Å²) in [5.74, 6) is -1.43. The van der Waals surface area contributed by atoms with Crippen LogP contribution in [-0.2, 0) is 11.2 Å². The molecule has 1 aromatic heterocycles. The average Bonchev–Trinajstić information content (AvgIpc) is 2.84. The highest BCUT2D eigenvalue weighted by molar-refractivity contribution is 5.94. The van der Waals surface area contributed by atoms with Crippen molar-refractivity contribution in [1.29, 1.82) is 0 Å². The Morgan fingerprint density at radius 2 is 2.09 bits per heavy atom. The molecule has 0 bridgehead atoms. The molecule has 4 nitrogen and oxygen atoms in total. The molecule has 122 valence electrons. The number of anilines is 1. The highest BCUT2D eigenvalue weighted by atomic mass is 19.2. The van der Waals surface area contributed by atoms with Gasteiger partial charge in [0.1, 0.15) is 0 Å². The summed E-state index contributed by atoms with van der Waals surface area (Å²) in [6, 6.07) is 3.81. The first-order valence-corrected chi connectivity index (χ1v) is 7.74. The average molecular weight is 319 g/mol. The monoisotopic (exact) mass is 319 g/mol. The van der Waals surface area contributed by atoms with Crippen LogP contribution in [0.25, 0.3) is 0 Å². The van der Waals surface area contributed by atoms with Gasteiger partial charge in [-0.1, -0.05) is 6.07 Å². The molecule has 0 saturated carbocycles. The molecule has 1 atom stereocenters. The molecule has 1 unspecified atom stereocenters. The van der Waals surface area contributed by atoms with Gasteiger partial charge in [-0.15, -0.1) is 0 Å². The van der Waals surface area contributed by atoms with Gasteiger partial charge in [0.2, 0.25) is 11.9 Å². The van der Waals surface area contributed by atoms with Gasteiger partial charge in [0.25, 0.3) is 0 Å². The van der Waals surface area contributed by atoms with Crippen LogP contribution in [-0.4, -0.2) is 22.4 Å². The number of carbonyl (C=O) groups is 1. The van der Waals surface area contributed by atoms with Crippen LogP contribution in [0.4, 0.5) is 14.7 Å². The number of H-pyrrole nitrogens is 1. The molecule has 0 spiro atoms. The number of amides is 1. The molecular weight excluding hydrogens is 300 g/mol. The van der Waals surface area contributed by atoms with Crippen LogP contribution in [0.15, 0.2) is 18.2 Å². The van der Waals surface area contributed by atoms with Gasteiger partial charge in [0.15, 0.2) is 11.6 Å². The van der Waals surface area contributed by atoms with E-state index in [9.17, 15) is 13.6 Å². The van der Waals surface area contributed by atoms with Crippen molar-refractivity contribution in [1.82, 2.24) is 9.97 Å². The van der Waals surface area contributed by atoms with Gasteiger partial charge in [0.05, 0.1) is 5.69 Å². The normalized spacial score (nSPS) is 18.5. The molecule has 1 fully saturated rings. The lowest BCUT2D eigenvalue weighted by atomic mass is 9.90. The number of hydrogen-bond donors (Lipinski definition) is 1. The van der Waals surface area contributed by atoms with Gasteiger partial charge in [-0.3, -0.25) is 9.69 Å². The maximum absolute atomic E-state index is 13.3. The first-order chi connectivity index (χ1) is 11.0. The Hall–Kier alpha value is -2.24. The van der Waals surface area contributed by atoms with Crippen molar-refractivity contribution < 1.29 is 13.6 Å². The molecule has 0 radical (unpaired) electrons. The van der Waals surface area contributed by atoms with E-state index in [2.05, 4.69) is 9.97 Å². The maximum atomic E-state index is 13.3. The Morgan fingerprint density at radius 3 is 2.74 bits per heavy atom. The smallest absolute Gasteiger partial charge is 0.232 e. The summed E-state index contributed by atoms with van der Waals surface area (Å²) in [6.07, 6.45) is 2.01. The van der Waals surface area contributed by atoms with Crippen LogP contribution < -0.4 is 4.90 Å². The Kier molecular flexibility index (Phi) is 4.15. The Balaban J connectivity index is 1.78. The second-order valence-corrected chi connectivity index (χ2v) is 6.05. The van der Waals surface area contributed by atoms with Gasteiger partial charge in [0, 0.05) is 18.2 Å². The van der Waals surface area contributed by atoms with Crippen LogP contribution in [0.5, 0.6) is 0 Å². The van der Waals surface area contributed by atoms with E-state index in [-0.39, 0.29) is 11.8 Å². The van der Waals surface area contributed by atoms with Crippen LogP contribution in [0.1, 0.15) is 29.8 Å². The molecule has 1 aliphatic heterocycles. The Labute approximate surface area is 133 Å². The van der Waals surface area contributed by atoms with Crippen molar-refractivity contribution in [3.63, 3.8) is 0 Å². The molecule has 1 saturated heterocycles. The molecule has 3 rings (SSSR count). The zero-order chi connectivity index (χ0) is 16.6. The fraction of sp³-hybridized carbons (Fsp3) is 0.412. The first-order valence-electron chi connectivity index (χ1n) is 7.74. The lowest BCUT2D eigenvalue weighted by molar-refractivity contribution is -0.123. The number of carbonyl (C=O) groups excluding carboxylic acids is 1. The summed E-state index contributed by atoms with van der Waals surface area (Å²) in [6.45, 7) is 4.43. The predicted molar refractivity (Wildman–Crippen MR) is 83.2 cm³/mol. The number of hydrogen-bond acceptors (Lipinski definition) is 2. The summed E-state index contributed by atoms with van der Waals surface area (Å²) < 4.78 is 26.3. The third-order valence-electron chi connectivity index (χ3n) is 4.39. The van der Waals surface area contributed by atoms with Crippen molar-refractivity contribution in [3.05, 3.63) is 46.8 Å². The summed E-state index contributed by atoms with van der Waals surface area (Å²) in [4.78, 5) is 21.9. The van der Waals surface area contributed by atoms with Gasteiger partial charge in [-0.25, -0.2) is 13.8 Å². The fourth-order valence-electron chi connectivity index (χ4n) is 2.96. The maximum Gasteiger partial charge on any atom is 0.232 e. The van der Waals surface area contributed by atoms with Gasteiger partial charge < -0.3 is 4.98 Å². The molecule has 23 heavy (non-hydrogen) atoms. The Morgan fingerprint density at radius 1 is 1.30 bits per heavy atom. The van der Waals surface area contributed by atoms with E-state index >= 15 is 0 Å². The minimum atomic E-state index is -0.875. The lowest BCUT2D eigenvalue weighted by Crippen LogP contribution is -2.42. The predicted octanol–water partition coefficient (Wildman–Crippen LogP) is 3.29. The largest absolute Gasteiger partial charge is 0.328 e. The quantitative estimate of drug-likeness (QED) is 0.944. The van der Waals surface area contributed by atoms with Gasteiger partial charge in [-0.05, 0) is 50.8 Å². The van der Waals surface area contributed by atoms with E-state index in [0.717, 1.165) is 30.3 Å². The zero-order valence-electron chi connectivity index (χ0n) is 13.2. The molecule has 1 N–H and O–H groups in total. The summed E-state index contributed by atoms with van der Waals surface area (Å²) in [5.41, 5.74) is 2.45. The number of halogens is 2. The standard InChI is InChI=1S/C17H19F2N3O/c1-10-11(2)21-17(20-10)22-7-3-4-13(16(22)23)8-12-5-6-14(18)15(19)9-12/h5-6,9,13H,3-4,7-8H2,1-2H3,(H,20,21). The van der Waals surface area contributed by atoms with Gasteiger partial charge in [-0.2, -0.15) is 0 Å². The van der Waals surface area contributed by atoms with Crippen molar-refractivity contribution in [2.75, 3.05) is 11.4 Å². The number of nitrogens with zero attached hydrogens (tertiary/aromatic N) is 2. The summed E-state index contributed by atoms with van der Waals surface area (Å²) in [5, 5.41) is 0. The molecular formula is C17H19F2N3O. The van der Waals surface area contributed by atoms with Gasteiger partial charge >= 0.3 is 0 Å². The van der Waals surface area contributed by atoms with Crippen molar-refractivity contribution in [3.8, 4) is 0 Å². The van der Waals surface area contributed by atoms with E-state index in [1.165, 1.54) is 12.1 Å². The van der Waals surface area contributed by atoms with E-state index in [1.807, 2.05) is 13.8 Å². The van der Waals surface area contributed by atoms with E-state index in [1.54, 1.807) is 4.90 Å². The van der Waals surface area contributed by atoms with E-state index < -0.39 is 11.6 Å². The van der Waals surface area contributed by atoms with Crippen LogP contribution in [0, 0.1) is 31.4 Å². The third-order valence-corrected chi connectivity index (χ3v) is 4.39. The van der Waals surface area contributed by atoms with Crippen molar-refractivity contribution in [2.45, 2.75) is 33.1 Å². The molecule has 1 amide bonds. The number of nitrogens with one attached hydrogen (secondary N) is 1. The molecule has 0 aliphatic carbocycles. The molecule has 2 aromatic rings. The SMILES string of the molecule is Cc1nc(N2CCCC(Cc3ccc(F)c(F)c3)C2=O)[nH]c1C. The van der Waals surface area contributed by atoms with Crippen LogP contribution in [0.3, 0.4) is 0 Å². The number of rotatable bonds is 3. The Bertz CT molecular complexity index is 722. The highest BCUT2D eigenvalue weighted by Gasteiger charge is 2.31. The molecule has 1 aliphatic rings. The topological polar surface area (TPSA) is 49.0 Å². The van der Waals surface area contributed by atoms with Crippen LogP contribution in [0.2, 0.25) is 0 Å². The summed E-state index contributed by atoms with van der Waals surface area (Å²) >= 11 is 0. The molecule has 2 heterocycles. The number of piperidine rings is 1. The fourth-order valence-corrected chi connectivity index (χ4v) is 2.96. The van der Waals surface area contributed by atoms with Crippen molar-refractivity contribution >= 4 is 11.9 Å². The zero-order valence-corrected chi connectivity index (χ0v) is 13.2. The van der Waals surface area contributed by atoms with E-state index in [0.29, 0.717) is 24.5 Å². The number of aryl methyl sites for hydroxylation is 2. The first kappa shape index (κ1) is 15.6. The molecule has 6 heteroatoms. The number of benzene rings is 1. The van der Waals surface area contributed by atoms with Crippen LogP contribution >= 0.6 is 0 Å². The second-order valence-electron chi connectivity index (χ2n) is 6.05. The minimum Gasteiger partial charge on any atom is -0.328 e.